The van der Waals surface area contributed by atoms with Crippen LogP contribution in [-0.2, 0) is 9.59 Å². The first-order valence-electron chi connectivity index (χ1n) is 6.98. The van der Waals surface area contributed by atoms with Gasteiger partial charge in [-0.15, -0.1) is 0 Å². The number of aliphatic carboxylic acids is 1. The van der Waals surface area contributed by atoms with Crippen LogP contribution in [0.3, 0.4) is 0 Å². The predicted octanol–water partition coefficient (Wildman–Crippen LogP) is 2.82. The summed E-state index contributed by atoms with van der Waals surface area (Å²) in [7, 11) is 0. The molecule has 2 atom stereocenters. The molecule has 3 N–H and O–H groups in total. The number of amides is 1. The maximum absolute atomic E-state index is 12.2. The molecule has 1 amide bonds. The van der Waals surface area contributed by atoms with E-state index >= 15 is 0 Å². The Labute approximate surface area is 125 Å². The second-order valence-corrected chi connectivity index (χ2v) is 5.87. The van der Waals surface area contributed by atoms with Crippen LogP contribution < -0.4 is 5.32 Å². The van der Waals surface area contributed by atoms with Crippen LogP contribution in [0.15, 0.2) is 24.3 Å². The SMILES string of the molecule is CC(O)c1ccccc1NC(=O)CC(C)(C(=O)O)C(C)C. The molecule has 0 fully saturated rings. The lowest BCUT2D eigenvalue weighted by molar-refractivity contribution is -0.153. The van der Waals surface area contributed by atoms with Crippen molar-refractivity contribution in [3.63, 3.8) is 0 Å². The molecule has 5 heteroatoms. The minimum atomic E-state index is -1.12. The molecule has 0 aliphatic carbocycles. The number of nitrogens with one attached hydrogen (secondary N) is 1. The van der Waals surface area contributed by atoms with Crippen molar-refractivity contribution in [2.75, 3.05) is 5.32 Å². The third-order valence-corrected chi connectivity index (χ3v) is 3.98. The highest BCUT2D eigenvalue weighted by molar-refractivity contribution is 5.94. The highest BCUT2D eigenvalue weighted by Crippen LogP contribution is 2.32. The van der Waals surface area contributed by atoms with Crippen LogP contribution >= 0.6 is 0 Å². The van der Waals surface area contributed by atoms with Gasteiger partial charge in [-0.1, -0.05) is 32.0 Å². The Morgan fingerprint density at radius 2 is 1.81 bits per heavy atom. The molecule has 1 aromatic rings. The fourth-order valence-electron chi connectivity index (χ4n) is 2.03. The Balaban J connectivity index is 2.90. The van der Waals surface area contributed by atoms with Gasteiger partial charge in [0.1, 0.15) is 0 Å². The van der Waals surface area contributed by atoms with Crippen molar-refractivity contribution in [1.82, 2.24) is 0 Å². The molecule has 21 heavy (non-hydrogen) atoms. The second kappa shape index (κ2) is 6.72. The van der Waals surface area contributed by atoms with E-state index in [1.54, 1.807) is 52.0 Å². The number of benzene rings is 1. The van der Waals surface area contributed by atoms with Gasteiger partial charge in [-0.05, 0) is 25.8 Å². The molecule has 0 heterocycles. The molecule has 1 aromatic carbocycles. The molecule has 0 saturated heterocycles. The summed E-state index contributed by atoms with van der Waals surface area (Å²) in [6.07, 6.45) is -0.828. The molecule has 0 aromatic heterocycles. The van der Waals surface area contributed by atoms with Crippen LogP contribution in [-0.4, -0.2) is 22.1 Å². The number of rotatable bonds is 6. The minimum absolute atomic E-state index is 0.117. The largest absolute Gasteiger partial charge is 0.481 e. The topological polar surface area (TPSA) is 86.6 Å². The number of carbonyl (C=O) groups excluding carboxylic acids is 1. The monoisotopic (exact) mass is 293 g/mol. The van der Waals surface area contributed by atoms with Gasteiger partial charge in [0.05, 0.1) is 11.5 Å². The first-order chi connectivity index (χ1) is 9.68. The average Bonchev–Trinajstić information content (AvgIpc) is 2.38. The smallest absolute Gasteiger partial charge is 0.310 e. The lowest BCUT2D eigenvalue weighted by atomic mass is 9.76. The standard InChI is InChI=1S/C16H23NO4/c1-10(2)16(4,15(20)21)9-14(19)17-13-8-6-5-7-12(13)11(3)18/h5-8,10-11,18H,9H2,1-4H3,(H,17,19)(H,20,21). The number of carboxylic acid groups (broad SMARTS) is 1. The molecule has 0 aliphatic rings. The highest BCUT2D eigenvalue weighted by Gasteiger charge is 2.38. The first-order valence-corrected chi connectivity index (χ1v) is 6.98. The molecular weight excluding hydrogens is 270 g/mol. The van der Waals surface area contributed by atoms with Crippen LogP contribution in [0.5, 0.6) is 0 Å². The molecule has 0 saturated carbocycles. The van der Waals surface area contributed by atoms with Crippen molar-refractivity contribution in [2.24, 2.45) is 11.3 Å². The van der Waals surface area contributed by atoms with E-state index < -0.39 is 17.5 Å². The van der Waals surface area contributed by atoms with Crippen molar-refractivity contribution in [2.45, 2.75) is 40.2 Å². The molecule has 0 spiro atoms. The number of aliphatic hydroxyl groups is 1. The van der Waals surface area contributed by atoms with Gasteiger partial charge in [-0.25, -0.2) is 0 Å². The summed E-state index contributed by atoms with van der Waals surface area (Å²) in [6.45, 7) is 6.75. The number of hydrogen-bond acceptors (Lipinski definition) is 3. The Kier molecular flexibility index (Phi) is 5.49. The fourth-order valence-corrected chi connectivity index (χ4v) is 2.03. The van der Waals surface area contributed by atoms with E-state index in [-0.39, 0.29) is 18.2 Å². The third kappa shape index (κ3) is 4.04. The van der Waals surface area contributed by atoms with Gasteiger partial charge >= 0.3 is 5.97 Å². The number of anilines is 1. The predicted molar refractivity (Wildman–Crippen MR) is 80.9 cm³/mol. The number of aliphatic hydroxyl groups excluding tert-OH is 1. The highest BCUT2D eigenvalue weighted by atomic mass is 16.4. The Hall–Kier alpha value is -1.88. The number of para-hydroxylation sites is 1. The van der Waals surface area contributed by atoms with Gasteiger partial charge in [0.2, 0.25) is 5.91 Å². The summed E-state index contributed by atoms with van der Waals surface area (Å²) in [5.41, 5.74) is -0.00875. The zero-order valence-corrected chi connectivity index (χ0v) is 12.9. The zero-order valence-electron chi connectivity index (χ0n) is 12.9. The number of carboxylic acids is 1. The van der Waals surface area contributed by atoms with Gasteiger partial charge in [0.25, 0.3) is 0 Å². The van der Waals surface area contributed by atoms with E-state index in [0.717, 1.165) is 0 Å². The third-order valence-electron chi connectivity index (χ3n) is 3.98. The molecule has 0 bridgehead atoms. The van der Waals surface area contributed by atoms with Crippen molar-refractivity contribution < 1.29 is 19.8 Å². The van der Waals surface area contributed by atoms with Gasteiger partial charge < -0.3 is 15.5 Å². The lowest BCUT2D eigenvalue weighted by Crippen LogP contribution is -2.37. The minimum Gasteiger partial charge on any atom is -0.481 e. The fraction of sp³-hybridized carbons (Fsp3) is 0.500. The van der Waals surface area contributed by atoms with Crippen LogP contribution in [0, 0.1) is 11.3 Å². The summed E-state index contributed by atoms with van der Waals surface area (Å²) in [4.78, 5) is 23.6. The van der Waals surface area contributed by atoms with Crippen LogP contribution in [0.2, 0.25) is 0 Å². The summed E-state index contributed by atoms with van der Waals surface area (Å²) in [5, 5.41) is 21.7. The van der Waals surface area contributed by atoms with E-state index in [1.807, 2.05) is 0 Å². The van der Waals surface area contributed by atoms with E-state index in [4.69, 9.17) is 0 Å². The summed E-state index contributed by atoms with van der Waals surface area (Å²) in [6, 6.07) is 6.93. The van der Waals surface area contributed by atoms with Gasteiger partial charge in [-0.3, -0.25) is 9.59 Å². The Morgan fingerprint density at radius 3 is 2.29 bits per heavy atom. The van der Waals surface area contributed by atoms with E-state index in [1.165, 1.54) is 0 Å². The molecule has 5 nitrogen and oxygen atoms in total. The molecule has 0 aliphatic heterocycles. The van der Waals surface area contributed by atoms with E-state index in [9.17, 15) is 19.8 Å². The van der Waals surface area contributed by atoms with Crippen molar-refractivity contribution in [3.05, 3.63) is 29.8 Å². The Bertz CT molecular complexity index is 525. The van der Waals surface area contributed by atoms with Crippen LogP contribution in [0.1, 0.15) is 45.8 Å². The summed E-state index contributed by atoms with van der Waals surface area (Å²) < 4.78 is 0. The van der Waals surface area contributed by atoms with E-state index in [2.05, 4.69) is 5.32 Å². The maximum atomic E-state index is 12.2. The van der Waals surface area contributed by atoms with Gasteiger partial charge in [-0.2, -0.15) is 0 Å². The van der Waals surface area contributed by atoms with Gasteiger partial charge in [0, 0.05) is 17.7 Å². The van der Waals surface area contributed by atoms with Crippen molar-refractivity contribution in [3.8, 4) is 0 Å². The normalized spacial score (nSPS) is 15.3. The summed E-state index contributed by atoms with van der Waals surface area (Å²) >= 11 is 0. The number of carbonyl (C=O) groups is 2. The van der Waals surface area contributed by atoms with Crippen molar-refractivity contribution in [1.29, 1.82) is 0 Å². The zero-order chi connectivity index (χ0) is 16.2. The lowest BCUT2D eigenvalue weighted by Gasteiger charge is -2.28. The molecule has 2 unspecified atom stereocenters. The molecule has 0 radical (unpaired) electrons. The molecular formula is C16H23NO4. The first kappa shape index (κ1) is 17.2. The average molecular weight is 293 g/mol. The second-order valence-electron chi connectivity index (χ2n) is 5.87. The summed E-state index contributed by atoms with van der Waals surface area (Å²) in [5.74, 6) is -1.54. The van der Waals surface area contributed by atoms with Crippen molar-refractivity contribution >= 4 is 17.6 Å². The van der Waals surface area contributed by atoms with E-state index in [0.29, 0.717) is 11.3 Å². The van der Waals surface area contributed by atoms with Crippen LogP contribution in [0.25, 0.3) is 0 Å². The molecule has 116 valence electrons. The Morgan fingerprint density at radius 1 is 1.24 bits per heavy atom. The quantitative estimate of drug-likeness (QED) is 0.752. The van der Waals surface area contributed by atoms with Gasteiger partial charge in [0.15, 0.2) is 0 Å². The maximum Gasteiger partial charge on any atom is 0.310 e. The number of hydrogen-bond donors (Lipinski definition) is 3. The van der Waals surface area contributed by atoms with Crippen LogP contribution in [0.4, 0.5) is 5.69 Å². The molecule has 1 rings (SSSR count).